The number of aromatic carboxylic acids is 1. The van der Waals surface area contributed by atoms with E-state index in [-0.39, 0.29) is 23.7 Å². The Morgan fingerprint density at radius 1 is 1.05 bits per heavy atom. The van der Waals surface area contributed by atoms with Gasteiger partial charge in [0.1, 0.15) is 11.3 Å². The first-order valence-electron chi connectivity index (χ1n) is 6.18. The third-order valence-corrected chi connectivity index (χ3v) is 2.38. The summed E-state index contributed by atoms with van der Waals surface area (Å²) in [6.07, 6.45) is 1.55. The zero-order chi connectivity index (χ0) is 16.3. The quantitative estimate of drug-likeness (QED) is 0.541. The number of aliphatic carboxylic acids is 1. The van der Waals surface area contributed by atoms with Crippen LogP contribution in [0.25, 0.3) is 0 Å². The van der Waals surface area contributed by atoms with Crippen molar-refractivity contribution in [1.29, 1.82) is 0 Å². The first-order valence-corrected chi connectivity index (χ1v) is 6.18. The highest BCUT2D eigenvalue weighted by molar-refractivity contribution is 5.90. The number of esters is 1. The Balaban J connectivity index is 0.000000382. The number of hydrogen-bond donors (Lipinski definition) is 3. The van der Waals surface area contributed by atoms with Gasteiger partial charge < -0.3 is 20.1 Å². The predicted molar refractivity (Wildman–Crippen MR) is 73.2 cm³/mol. The van der Waals surface area contributed by atoms with E-state index in [9.17, 15) is 14.4 Å². The number of carboxylic acid groups (broad SMARTS) is 2. The number of benzene rings is 1. The molecule has 7 nitrogen and oxygen atoms in total. The van der Waals surface area contributed by atoms with E-state index in [1.807, 2.05) is 0 Å². The molecule has 0 amide bonds. The lowest BCUT2D eigenvalue weighted by atomic mass is 10.2. The molecule has 0 bridgehead atoms. The monoisotopic (exact) mass is 298 g/mol. The summed E-state index contributed by atoms with van der Waals surface area (Å²) in [5.41, 5.74) is -0.0671. The summed E-state index contributed by atoms with van der Waals surface area (Å²) in [4.78, 5) is 30.7. The van der Waals surface area contributed by atoms with Gasteiger partial charge in [-0.1, -0.05) is 12.1 Å². The summed E-state index contributed by atoms with van der Waals surface area (Å²) in [6, 6.07) is 5.81. The number of aromatic hydroxyl groups is 1. The number of phenols is 1. The van der Waals surface area contributed by atoms with Crippen molar-refractivity contribution in [1.82, 2.24) is 0 Å². The molecule has 0 aliphatic heterocycles. The number of carbonyl (C=O) groups excluding carboxylic acids is 1. The number of carboxylic acids is 2. The van der Waals surface area contributed by atoms with Crippen LogP contribution in [0.15, 0.2) is 24.3 Å². The van der Waals surface area contributed by atoms with E-state index in [0.29, 0.717) is 19.3 Å². The highest BCUT2D eigenvalue weighted by Crippen LogP contribution is 2.14. The third-order valence-electron chi connectivity index (χ3n) is 2.38. The molecule has 0 saturated carbocycles. The van der Waals surface area contributed by atoms with Crippen molar-refractivity contribution in [2.45, 2.75) is 25.7 Å². The first-order chi connectivity index (χ1) is 9.88. The van der Waals surface area contributed by atoms with Crippen LogP contribution < -0.4 is 0 Å². The summed E-state index contributed by atoms with van der Waals surface area (Å²) in [5.74, 6) is -2.42. The minimum atomic E-state index is -1.11. The van der Waals surface area contributed by atoms with E-state index in [1.54, 1.807) is 12.1 Å². The Morgan fingerprint density at radius 2 is 1.62 bits per heavy atom. The molecule has 0 saturated heterocycles. The minimum absolute atomic E-state index is 0.0671. The van der Waals surface area contributed by atoms with Gasteiger partial charge in [-0.05, 0) is 25.0 Å². The minimum Gasteiger partial charge on any atom is -0.507 e. The van der Waals surface area contributed by atoms with Crippen LogP contribution in [0.2, 0.25) is 0 Å². The number of unbranched alkanes of at least 4 members (excludes halogenated alkanes) is 1. The van der Waals surface area contributed by atoms with Gasteiger partial charge in [0.25, 0.3) is 0 Å². The molecule has 3 N–H and O–H groups in total. The largest absolute Gasteiger partial charge is 0.507 e. The van der Waals surface area contributed by atoms with Crippen molar-refractivity contribution in [2.24, 2.45) is 0 Å². The van der Waals surface area contributed by atoms with Gasteiger partial charge in [0, 0.05) is 12.8 Å². The van der Waals surface area contributed by atoms with Gasteiger partial charge in [0.2, 0.25) is 0 Å². The second kappa shape index (κ2) is 10.2. The first kappa shape index (κ1) is 18.4. The van der Waals surface area contributed by atoms with E-state index in [4.69, 9.17) is 15.3 Å². The van der Waals surface area contributed by atoms with Crippen LogP contribution in [0.3, 0.4) is 0 Å². The second-order valence-corrected chi connectivity index (χ2v) is 4.00. The Labute approximate surface area is 121 Å². The smallest absolute Gasteiger partial charge is 0.339 e. The molecule has 0 fully saturated rings. The third kappa shape index (κ3) is 9.04. The van der Waals surface area contributed by atoms with Crippen molar-refractivity contribution >= 4 is 17.9 Å². The molecule has 0 radical (unpaired) electrons. The molecular formula is C14H18O7. The fraction of sp³-hybridized carbons (Fsp3) is 0.357. The topological polar surface area (TPSA) is 121 Å². The molecule has 0 spiro atoms. The summed E-state index contributed by atoms with van der Waals surface area (Å²) < 4.78 is 4.37. The van der Waals surface area contributed by atoms with E-state index >= 15 is 0 Å². The zero-order valence-electron chi connectivity index (χ0n) is 11.6. The maximum absolute atomic E-state index is 10.5. The number of carbonyl (C=O) groups is 3. The number of rotatable bonds is 6. The van der Waals surface area contributed by atoms with Crippen molar-refractivity contribution in [3.05, 3.63) is 29.8 Å². The maximum atomic E-state index is 10.5. The normalized spacial score (nSPS) is 9.19. The summed E-state index contributed by atoms with van der Waals surface area (Å²) in [6.45, 7) is 0. The van der Waals surface area contributed by atoms with Gasteiger partial charge in [-0.15, -0.1) is 0 Å². The Hall–Kier alpha value is -2.57. The van der Waals surface area contributed by atoms with Crippen molar-refractivity contribution < 1.29 is 34.4 Å². The standard InChI is InChI=1S/C7H12O4.C7H6O3/c1-11-7(10)5-3-2-4-6(8)9;8-6-4-2-1-3-5(6)7(9)10/h2-5H2,1H3,(H,8,9);1-4,8H,(H,9,10). The van der Waals surface area contributed by atoms with Crippen molar-refractivity contribution in [2.75, 3.05) is 7.11 Å². The number of hydrogen-bond acceptors (Lipinski definition) is 5. The molecule has 0 atom stereocenters. The van der Waals surface area contributed by atoms with Crippen LogP contribution in [-0.4, -0.2) is 40.3 Å². The predicted octanol–water partition coefficient (Wildman–Crippen LogP) is 1.89. The molecule has 21 heavy (non-hydrogen) atoms. The van der Waals surface area contributed by atoms with Gasteiger partial charge in [-0.3, -0.25) is 9.59 Å². The van der Waals surface area contributed by atoms with E-state index in [1.165, 1.54) is 19.2 Å². The lowest BCUT2D eigenvalue weighted by Gasteiger charge is -1.96. The van der Waals surface area contributed by atoms with Crippen molar-refractivity contribution in [3.8, 4) is 5.75 Å². The average Bonchev–Trinajstić information content (AvgIpc) is 2.44. The highest BCUT2D eigenvalue weighted by atomic mass is 16.5. The molecule has 1 aromatic rings. The molecule has 1 aromatic carbocycles. The maximum Gasteiger partial charge on any atom is 0.339 e. The highest BCUT2D eigenvalue weighted by Gasteiger charge is 2.05. The Kier molecular flexibility index (Phi) is 8.99. The van der Waals surface area contributed by atoms with Gasteiger partial charge in [-0.2, -0.15) is 0 Å². The molecule has 1 rings (SSSR count). The second-order valence-electron chi connectivity index (χ2n) is 4.00. The van der Waals surface area contributed by atoms with Crippen molar-refractivity contribution in [3.63, 3.8) is 0 Å². The molecule has 0 aromatic heterocycles. The van der Waals surface area contributed by atoms with Crippen LogP contribution in [0.4, 0.5) is 0 Å². The van der Waals surface area contributed by atoms with E-state index < -0.39 is 11.9 Å². The molecule has 7 heteroatoms. The zero-order valence-corrected chi connectivity index (χ0v) is 11.6. The van der Waals surface area contributed by atoms with Crippen LogP contribution in [0.5, 0.6) is 5.75 Å². The van der Waals surface area contributed by atoms with Crippen LogP contribution in [-0.2, 0) is 14.3 Å². The molecule has 116 valence electrons. The fourth-order valence-electron chi connectivity index (χ4n) is 1.30. The van der Waals surface area contributed by atoms with Gasteiger partial charge in [-0.25, -0.2) is 4.79 Å². The molecule has 0 aliphatic rings. The Morgan fingerprint density at radius 3 is 2.05 bits per heavy atom. The van der Waals surface area contributed by atoms with Gasteiger partial charge in [0.15, 0.2) is 0 Å². The SMILES string of the molecule is COC(=O)CCCCC(=O)O.O=C(O)c1ccccc1O. The lowest BCUT2D eigenvalue weighted by Crippen LogP contribution is -2.00. The van der Waals surface area contributed by atoms with E-state index in [0.717, 1.165) is 0 Å². The lowest BCUT2D eigenvalue weighted by molar-refractivity contribution is -0.141. The average molecular weight is 298 g/mol. The molecule has 0 heterocycles. The fourth-order valence-corrected chi connectivity index (χ4v) is 1.30. The Bertz CT molecular complexity index is 482. The van der Waals surface area contributed by atoms with Crippen LogP contribution in [0.1, 0.15) is 36.0 Å². The number of ether oxygens (including phenoxy) is 1. The summed E-state index contributed by atoms with van der Waals surface area (Å²) >= 11 is 0. The van der Waals surface area contributed by atoms with E-state index in [2.05, 4.69) is 4.74 Å². The molecule has 0 unspecified atom stereocenters. The van der Waals surface area contributed by atoms with Crippen LogP contribution in [0, 0.1) is 0 Å². The van der Waals surface area contributed by atoms with Gasteiger partial charge >= 0.3 is 17.9 Å². The number of para-hydroxylation sites is 1. The number of methoxy groups -OCH3 is 1. The van der Waals surface area contributed by atoms with Gasteiger partial charge in [0.05, 0.1) is 7.11 Å². The van der Waals surface area contributed by atoms with Crippen LogP contribution >= 0.6 is 0 Å². The molecular weight excluding hydrogens is 280 g/mol. The summed E-state index contributed by atoms with van der Waals surface area (Å²) in [5, 5.41) is 25.5. The summed E-state index contributed by atoms with van der Waals surface area (Å²) in [7, 11) is 1.32. The molecule has 0 aliphatic carbocycles.